The van der Waals surface area contributed by atoms with Crippen molar-refractivity contribution in [3.8, 4) is 22.5 Å². The third-order valence-electron chi connectivity index (χ3n) is 5.77. The number of hydrogen-bond acceptors (Lipinski definition) is 9. The molecule has 4 heterocycles. The Labute approximate surface area is 209 Å². The van der Waals surface area contributed by atoms with Crippen LogP contribution >= 0.6 is 11.3 Å². The van der Waals surface area contributed by atoms with Crippen molar-refractivity contribution >= 4 is 33.9 Å². The van der Waals surface area contributed by atoms with E-state index in [4.69, 9.17) is 15.5 Å². The van der Waals surface area contributed by atoms with Crippen molar-refractivity contribution in [2.45, 2.75) is 13.1 Å². The summed E-state index contributed by atoms with van der Waals surface area (Å²) in [6, 6.07) is 8.29. The first-order valence-corrected chi connectivity index (χ1v) is 12.0. The van der Waals surface area contributed by atoms with E-state index in [2.05, 4.69) is 20.3 Å². The van der Waals surface area contributed by atoms with Crippen LogP contribution in [0, 0.1) is 6.92 Å². The molecule has 0 radical (unpaired) electrons. The molecule has 12 heteroatoms. The minimum atomic E-state index is -4.65. The van der Waals surface area contributed by atoms with E-state index in [9.17, 15) is 13.2 Å². The topological polar surface area (TPSA) is 102 Å². The van der Waals surface area contributed by atoms with Gasteiger partial charge in [0.15, 0.2) is 5.13 Å². The lowest BCUT2D eigenvalue weighted by molar-refractivity contribution is -0.137. The number of halogens is 3. The number of hydrogen-bond donors (Lipinski definition) is 2. The maximum absolute atomic E-state index is 14.0. The molecule has 1 aliphatic rings. The smallest absolute Gasteiger partial charge is 0.384 e. The molecule has 0 saturated carbocycles. The van der Waals surface area contributed by atoms with Crippen molar-refractivity contribution < 1.29 is 17.9 Å². The molecule has 0 atom stereocenters. The zero-order valence-corrected chi connectivity index (χ0v) is 20.0. The Balaban J connectivity index is 1.73. The van der Waals surface area contributed by atoms with Gasteiger partial charge in [-0.2, -0.15) is 13.2 Å². The molecule has 1 aliphatic heterocycles. The first-order valence-electron chi connectivity index (χ1n) is 11.1. The second-order valence-corrected chi connectivity index (χ2v) is 9.00. The number of morpholine rings is 1. The summed E-state index contributed by atoms with van der Waals surface area (Å²) >= 11 is 1.44. The molecule has 0 amide bonds. The SMILES string of the molecule is Cc1c(-c2ccccc2Nc2nccs2)nc(N2CCOCC2)nc1-c1cnc(N)cc1C(F)(F)F. The number of nitrogens with one attached hydrogen (secondary N) is 1. The lowest BCUT2D eigenvalue weighted by Gasteiger charge is -2.28. The number of thiazole rings is 1. The highest BCUT2D eigenvalue weighted by Gasteiger charge is 2.36. The molecule has 186 valence electrons. The summed E-state index contributed by atoms with van der Waals surface area (Å²) in [5.41, 5.74) is 7.12. The molecule has 0 spiro atoms. The zero-order valence-electron chi connectivity index (χ0n) is 19.2. The second kappa shape index (κ2) is 9.70. The summed E-state index contributed by atoms with van der Waals surface area (Å²) in [5.74, 6) is 0.104. The first-order chi connectivity index (χ1) is 17.3. The molecule has 8 nitrogen and oxygen atoms in total. The van der Waals surface area contributed by atoms with Crippen molar-refractivity contribution in [1.29, 1.82) is 0 Å². The molecule has 1 aromatic carbocycles. The van der Waals surface area contributed by atoms with Crippen molar-refractivity contribution in [1.82, 2.24) is 19.9 Å². The number of benzene rings is 1. The quantitative estimate of drug-likeness (QED) is 0.378. The first kappa shape index (κ1) is 23.9. The Morgan fingerprint density at radius 3 is 2.47 bits per heavy atom. The molecular formula is C24H22F3N7OS. The van der Waals surface area contributed by atoms with Crippen molar-refractivity contribution in [3.05, 3.63) is 59.2 Å². The third kappa shape index (κ3) is 4.82. The number of nitrogens with zero attached hydrogens (tertiary/aromatic N) is 5. The minimum Gasteiger partial charge on any atom is -0.384 e. The Morgan fingerprint density at radius 2 is 1.78 bits per heavy atom. The normalized spacial score (nSPS) is 14.2. The van der Waals surface area contributed by atoms with Crippen molar-refractivity contribution in [3.63, 3.8) is 0 Å². The zero-order chi connectivity index (χ0) is 25.3. The van der Waals surface area contributed by atoms with Crippen molar-refractivity contribution in [2.75, 3.05) is 42.3 Å². The molecule has 36 heavy (non-hydrogen) atoms. The van der Waals surface area contributed by atoms with Crippen LogP contribution in [0.15, 0.2) is 48.1 Å². The average Bonchev–Trinajstić information content (AvgIpc) is 3.38. The van der Waals surface area contributed by atoms with E-state index in [1.165, 1.54) is 11.3 Å². The van der Waals surface area contributed by atoms with Gasteiger partial charge in [-0.1, -0.05) is 18.2 Å². The van der Waals surface area contributed by atoms with Crippen LogP contribution in [0.4, 0.5) is 35.8 Å². The van der Waals surface area contributed by atoms with E-state index in [0.29, 0.717) is 54.2 Å². The largest absolute Gasteiger partial charge is 0.417 e. The number of nitrogen functional groups attached to an aromatic ring is 1. The molecule has 0 unspecified atom stereocenters. The molecule has 0 aliphatic carbocycles. The van der Waals surface area contributed by atoms with Crippen molar-refractivity contribution in [2.24, 2.45) is 0 Å². The second-order valence-electron chi connectivity index (χ2n) is 8.11. The number of rotatable bonds is 5. The van der Waals surface area contributed by atoms with E-state index in [1.54, 1.807) is 13.1 Å². The maximum Gasteiger partial charge on any atom is 0.417 e. The lowest BCUT2D eigenvalue weighted by atomic mass is 9.98. The molecule has 3 N–H and O–H groups in total. The number of aromatic nitrogens is 4. The highest BCUT2D eigenvalue weighted by atomic mass is 32.1. The third-order valence-corrected chi connectivity index (χ3v) is 6.46. The van der Waals surface area contributed by atoms with E-state index in [1.807, 2.05) is 34.5 Å². The van der Waals surface area contributed by atoms with Crippen LogP contribution in [0.2, 0.25) is 0 Å². The van der Waals surface area contributed by atoms with Gasteiger partial charge < -0.3 is 20.7 Å². The monoisotopic (exact) mass is 513 g/mol. The summed E-state index contributed by atoms with van der Waals surface area (Å²) in [6.45, 7) is 3.70. The number of pyridine rings is 1. The summed E-state index contributed by atoms with van der Waals surface area (Å²) in [5, 5.41) is 5.82. The van der Waals surface area contributed by atoms with E-state index >= 15 is 0 Å². The molecule has 3 aromatic heterocycles. The molecule has 5 rings (SSSR count). The predicted molar refractivity (Wildman–Crippen MR) is 133 cm³/mol. The van der Waals surface area contributed by atoms with E-state index < -0.39 is 11.7 Å². The maximum atomic E-state index is 14.0. The summed E-state index contributed by atoms with van der Waals surface area (Å²) in [6.07, 6.45) is -1.83. The van der Waals surface area contributed by atoms with E-state index in [0.717, 1.165) is 18.0 Å². The molecule has 4 aromatic rings. The average molecular weight is 514 g/mol. The Bertz CT molecular complexity index is 1370. The Morgan fingerprint density at radius 1 is 1.06 bits per heavy atom. The van der Waals surface area contributed by atoms with Crippen LogP contribution < -0.4 is 16.0 Å². The van der Waals surface area contributed by atoms with Crippen LogP contribution in [0.3, 0.4) is 0 Å². The molecule has 0 bridgehead atoms. The van der Waals surface area contributed by atoms with Gasteiger partial charge in [0.25, 0.3) is 0 Å². The standard InChI is InChI=1S/C24H22F3N7OS/c1-14-20(15-4-2-3-5-18(15)31-23-29-6-11-36-23)32-22(34-7-9-35-10-8-34)33-21(14)16-13-30-19(28)12-17(16)24(25,26)27/h2-6,11-13H,7-10H2,1H3,(H2,28,30)(H,29,31). The molecule has 1 fully saturated rings. The highest BCUT2D eigenvalue weighted by Crippen LogP contribution is 2.41. The van der Waals surface area contributed by atoms with Gasteiger partial charge in [0.2, 0.25) is 5.95 Å². The predicted octanol–water partition coefficient (Wildman–Crippen LogP) is 5.15. The van der Waals surface area contributed by atoms with Crippen LogP contribution in [0.1, 0.15) is 11.1 Å². The number of ether oxygens (including phenoxy) is 1. The van der Waals surface area contributed by atoms with Crippen LogP contribution in [-0.4, -0.2) is 46.2 Å². The van der Waals surface area contributed by atoms with Gasteiger partial charge in [-0.05, 0) is 19.1 Å². The number of alkyl halides is 3. The van der Waals surface area contributed by atoms with Gasteiger partial charge in [0, 0.05) is 53.2 Å². The van der Waals surface area contributed by atoms with Crippen LogP contribution in [0.25, 0.3) is 22.5 Å². The highest BCUT2D eigenvalue weighted by molar-refractivity contribution is 7.13. The van der Waals surface area contributed by atoms with Gasteiger partial charge in [0.05, 0.1) is 30.2 Å². The van der Waals surface area contributed by atoms with Gasteiger partial charge in [0.1, 0.15) is 5.82 Å². The summed E-state index contributed by atoms with van der Waals surface area (Å²) in [4.78, 5) is 19.6. The number of nitrogens with two attached hydrogens (primary N) is 1. The van der Waals surface area contributed by atoms with Crippen LogP contribution in [-0.2, 0) is 10.9 Å². The van der Waals surface area contributed by atoms with E-state index in [-0.39, 0.29) is 17.1 Å². The lowest BCUT2D eigenvalue weighted by Crippen LogP contribution is -2.37. The summed E-state index contributed by atoms with van der Waals surface area (Å²) < 4.78 is 47.5. The number of anilines is 4. The van der Waals surface area contributed by atoms with Gasteiger partial charge in [-0.3, -0.25) is 0 Å². The minimum absolute atomic E-state index is 0.144. The molecular weight excluding hydrogens is 491 g/mol. The van der Waals surface area contributed by atoms with Crippen LogP contribution in [0.5, 0.6) is 0 Å². The number of para-hydroxylation sites is 1. The fourth-order valence-electron chi connectivity index (χ4n) is 4.03. The Hall–Kier alpha value is -3.77. The van der Waals surface area contributed by atoms with Gasteiger partial charge in [-0.25, -0.2) is 19.9 Å². The fraction of sp³-hybridized carbons (Fsp3) is 0.250. The summed E-state index contributed by atoms with van der Waals surface area (Å²) in [7, 11) is 0. The van der Waals surface area contributed by atoms with Gasteiger partial charge >= 0.3 is 6.18 Å². The molecule has 1 saturated heterocycles. The fourth-order valence-corrected chi connectivity index (χ4v) is 4.57. The Kier molecular flexibility index (Phi) is 6.46. The van der Waals surface area contributed by atoms with Gasteiger partial charge in [-0.15, -0.1) is 11.3 Å².